The smallest absolute Gasteiger partial charge is 0.259 e. The van der Waals surface area contributed by atoms with Gasteiger partial charge in [0.1, 0.15) is 0 Å². The van der Waals surface area contributed by atoms with Crippen molar-refractivity contribution in [1.82, 2.24) is 15.5 Å². The van der Waals surface area contributed by atoms with Gasteiger partial charge >= 0.3 is 0 Å². The third kappa shape index (κ3) is 6.05. The highest BCUT2D eigenvalue weighted by molar-refractivity contribution is 8.01. The van der Waals surface area contributed by atoms with Gasteiger partial charge in [0, 0.05) is 18.2 Å². The highest BCUT2D eigenvalue weighted by Gasteiger charge is 2.17. The zero-order chi connectivity index (χ0) is 19.2. The third-order valence-corrected chi connectivity index (χ3v) is 6.21. The van der Waals surface area contributed by atoms with Gasteiger partial charge in [0.15, 0.2) is 4.34 Å². The second-order valence-electron chi connectivity index (χ2n) is 5.68. The van der Waals surface area contributed by atoms with Crippen LogP contribution in [0, 0.1) is 0 Å². The molecule has 1 saturated heterocycles. The van der Waals surface area contributed by atoms with Crippen molar-refractivity contribution in [3.8, 4) is 0 Å². The maximum Gasteiger partial charge on any atom is 0.259 e. The molecule has 0 bridgehead atoms. The van der Waals surface area contributed by atoms with E-state index in [0.29, 0.717) is 26.1 Å². The summed E-state index contributed by atoms with van der Waals surface area (Å²) in [6.07, 6.45) is 2.12. The molecule has 2 amide bonds. The molecule has 144 valence electrons. The summed E-state index contributed by atoms with van der Waals surface area (Å²) in [6.45, 7) is 1.28. The minimum absolute atomic E-state index is 0.0954. The number of benzene rings is 1. The molecule has 3 rings (SSSR count). The van der Waals surface area contributed by atoms with E-state index in [0.717, 1.165) is 19.4 Å². The standard InChI is InChI=1S/C16H16Cl2N4O3S2/c17-9-3-4-12(18)11(6-9)14(24)20-15-21-22-16(27-15)26-8-13(23)19-7-10-2-1-5-25-10/h3-4,6,10H,1-2,5,7-8H2,(H,19,23)(H,20,21,24). The third-order valence-electron chi connectivity index (χ3n) is 3.68. The molecular weight excluding hydrogens is 431 g/mol. The van der Waals surface area contributed by atoms with Crippen LogP contribution in [-0.2, 0) is 9.53 Å². The molecule has 27 heavy (non-hydrogen) atoms. The molecule has 2 heterocycles. The summed E-state index contributed by atoms with van der Waals surface area (Å²) in [5.41, 5.74) is 0.252. The molecule has 1 atom stereocenters. The van der Waals surface area contributed by atoms with E-state index in [1.54, 1.807) is 12.1 Å². The molecular formula is C16H16Cl2N4O3S2. The monoisotopic (exact) mass is 446 g/mol. The van der Waals surface area contributed by atoms with E-state index < -0.39 is 5.91 Å². The van der Waals surface area contributed by atoms with E-state index in [-0.39, 0.29) is 23.3 Å². The van der Waals surface area contributed by atoms with Gasteiger partial charge in [-0.3, -0.25) is 14.9 Å². The molecule has 2 N–H and O–H groups in total. The van der Waals surface area contributed by atoms with Gasteiger partial charge in [0.25, 0.3) is 5.91 Å². The summed E-state index contributed by atoms with van der Waals surface area (Å²) in [5, 5.41) is 14.4. The molecule has 0 aliphatic carbocycles. The van der Waals surface area contributed by atoms with Crippen LogP contribution in [0.25, 0.3) is 0 Å². The minimum atomic E-state index is -0.426. The van der Waals surface area contributed by atoms with Gasteiger partial charge in [-0.25, -0.2) is 0 Å². The van der Waals surface area contributed by atoms with Crippen molar-refractivity contribution in [2.45, 2.75) is 23.3 Å². The largest absolute Gasteiger partial charge is 0.376 e. The Bertz CT molecular complexity index is 828. The van der Waals surface area contributed by atoms with Gasteiger partial charge in [0.05, 0.1) is 22.4 Å². The Morgan fingerprint density at radius 1 is 1.33 bits per heavy atom. The number of ether oxygens (including phenoxy) is 1. The van der Waals surface area contributed by atoms with Gasteiger partial charge in [-0.05, 0) is 31.0 Å². The van der Waals surface area contributed by atoms with Crippen LogP contribution in [0.4, 0.5) is 5.13 Å². The number of carbonyl (C=O) groups excluding carboxylic acids is 2. The van der Waals surface area contributed by atoms with E-state index in [1.807, 2.05) is 0 Å². The number of hydrogen-bond donors (Lipinski definition) is 2. The topological polar surface area (TPSA) is 93.2 Å². The van der Waals surface area contributed by atoms with Crippen molar-refractivity contribution in [3.63, 3.8) is 0 Å². The number of hydrogen-bond acceptors (Lipinski definition) is 7. The SMILES string of the molecule is O=C(CSc1nnc(NC(=O)c2cc(Cl)ccc2Cl)s1)NCC1CCCO1. The fourth-order valence-electron chi connectivity index (χ4n) is 2.37. The first kappa shape index (κ1) is 20.3. The Kier molecular flexibility index (Phi) is 7.31. The average Bonchev–Trinajstić information content (AvgIpc) is 3.32. The second kappa shape index (κ2) is 9.70. The van der Waals surface area contributed by atoms with Gasteiger partial charge in [-0.1, -0.05) is 46.3 Å². The fraction of sp³-hybridized carbons (Fsp3) is 0.375. The van der Waals surface area contributed by atoms with Crippen molar-refractivity contribution in [1.29, 1.82) is 0 Å². The van der Waals surface area contributed by atoms with Crippen LogP contribution in [0.15, 0.2) is 22.5 Å². The lowest BCUT2D eigenvalue weighted by Gasteiger charge is -2.09. The van der Waals surface area contributed by atoms with Crippen LogP contribution in [0.2, 0.25) is 10.0 Å². The molecule has 0 radical (unpaired) electrons. The van der Waals surface area contributed by atoms with Crippen molar-refractivity contribution >= 4 is 63.2 Å². The molecule has 2 aromatic rings. The molecule has 1 aromatic carbocycles. The first-order chi connectivity index (χ1) is 13.0. The highest BCUT2D eigenvalue weighted by atomic mass is 35.5. The number of nitrogens with zero attached hydrogens (tertiary/aromatic N) is 2. The molecule has 1 fully saturated rings. The lowest BCUT2D eigenvalue weighted by molar-refractivity contribution is -0.119. The van der Waals surface area contributed by atoms with E-state index in [2.05, 4.69) is 20.8 Å². The summed E-state index contributed by atoms with van der Waals surface area (Å²) in [7, 11) is 0. The van der Waals surface area contributed by atoms with E-state index in [1.165, 1.54) is 29.2 Å². The summed E-state index contributed by atoms with van der Waals surface area (Å²) >= 11 is 14.3. The summed E-state index contributed by atoms with van der Waals surface area (Å²) in [5.74, 6) is -0.304. The predicted octanol–water partition coefficient (Wildman–Crippen LogP) is 3.48. The number of aromatic nitrogens is 2. The number of carbonyl (C=O) groups is 2. The van der Waals surface area contributed by atoms with Crippen LogP contribution < -0.4 is 10.6 Å². The quantitative estimate of drug-likeness (QED) is 0.499. The van der Waals surface area contributed by atoms with E-state index >= 15 is 0 Å². The Morgan fingerprint density at radius 3 is 2.96 bits per heavy atom. The average molecular weight is 447 g/mol. The van der Waals surface area contributed by atoms with Crippen LogP contribution >= 0.6 is 46.3 Å². The molecule has 0 spiro atoms. The Hall–Kier alpha value is -1.39. The molecule has 1 unspecified atom stereocenters. The molecule has 1 aromatic heterocycles. The van der Waals surface area contributed by atoms with Crippen LogP contribution in [0.1, 0.15) is 23.2 Å². The second-order valence-corrected chi connectivity index (χ2v) is 8.72. The van der Waals surface area contributed by atoms with Gasteiger partial charge in [0.2, 0.25) is 11.0 Å². The summed E-state index contributed by atoms with van der Waals surface area (Å²) in [4.78, 5) is 24.2. The number of rotatable bonds is 7. The Balaban J connectivity index is 1.47. The Morgan fingerprint density at radius 2 is 2.19 bits per heavy atom. The highest BCUT2D eigenvalue weighted by Crippen LogP contribution is 2.27. The van der Waals surface area contributed by atoms with Gasteiger partial charge in [-0.2, -0.15) is 0 Å². The first-order valence-corrected chi connectivity index (χ1v) is 10.7. The number of thioether (sulfide) groups is 1. The van der Waals surface area contributed by atoms with Crippen LogP contribution in [0.3, 0.4) is 0 Å². The number of halogens is 2. The summed E-state index contributed by atoms with van der Waals surface area (Å²) in [6, 6.07) is 4.63. The zero-order valence-electron chi connectivity index (χ0n) is 14.0. The Labute approximate surface area is 174 Å². The van der Waals surface area contributed by atoms with Gasteiger partial charge < -0.3 is 10.1 Å². The zero-order valence-corrected chi connectivity index (χ0v) is 17.2. The van der Waals surface area contributed by atoms with Gasteiger partial charge in [-0.15, -0.1) is 10.2 Å². The van der Waals surface area contributed by atoms with Crippen molar-refractivity contribution in [2.24, 2.45) is 0 Å². The van der Waals surface area contributed by atoms with Crippen LogP contribution in [-0.4, -0.2) is 47.0 Å². The van der Waals surface area contributed by atoms with E-state index in [4.69, 9.17) is 27.9 Å². The predicted molar refractivity (Wildman–Crippen MR) is 107 cm³/mol. The molecule has 1 aliphatic heterocycles. The van der Waals surface area contributed by atoms with Crippen molar-refractivity contribution in [2.75, 3.05) is 24.2 Å². The minimum Gasteiger partial charge on any atom is -0.376 e. The maximum absolute atomic E-state index is 12.3. The lowest BCUT2D eigenvalue weighted by atomic mass is 10.2. The number of anilines is 1. The number of amides is 2. The molecule has 0 saturated carbocycles. The van der Waals surface area contributed by atoms with E-state index in [9.17, 15) is 9.59 Å². The van der Waals surface area contributed by atoms with Crippen LogP contribution in [0.5, 0.6) is 0 Å². The lowest BCUT2D eigenvalue weighted by Crippen LogP contribution is -2.32. The maximum atomic E-state index is 12.3. The fourth-order valence-corrected chi connectivity index (χ4v) is 4.32. The molecule has 11 heteroatoms. The normalized spacial score (nSPS) is 16.3. The molecule has 1 aliphatic rings. The summed E-state index contributed by atoms with van der Waals surface area (Å²) < 4.78 is 6.04. The first-order valence-electron chi connectivity index (χ1n) is 8.12. The molecule has 7 nitrogen and oxygen atoms in total. The van der Waals surface area contributed by atoms with Crippen molar-refractivity contribution in [3.05, 3.63) is 33.8 Å². The number of nitrogens with one attached hydrogen (secondary N) is 2. The van der Waals surface area contributed by atoms with Crippen molar-refractivity contribution < 1.29 is 14.3 Å².